The van der Waals surface area contributed by atoms with Crippen molar-refractivity contribution in [1.29, 1.82) is 0 Å². The molecule has 2 aromatic heterocycles. The van der Waals surface area contributed by atoms with Crippen molar-refractivity contribution in [2.24, 2.45) is 10.2 Å². The van der Waals surface area contributed by atoms with Gasteiger partial charge in [0.15, 0.2) is 0 Å². The third-order valence-corrected chi connectivity index (χ3v) is 5.32. The van der Waals surface area contributed by atoms with Gasteiger partial charge in [-0.25, -0.2) is 10.9 Å². The molecule has 0 fully saturated rings. The third-order valence-electron chi connectivity index (χ3n) is 5.32. The molecule has 202 valence electrons. The summed E-state index contributed by atoms with van der Waals surface area (Å²) in [5.74, 6) is 0.618. The highest BCUT2D eigenvalue weighted by atomic mass is 16.6. The lowest BCUT2D eigenvalue weighted by Crippen LogP contribution is -2.22. The number of nitrogens with one attached hydrogen (secondary N) is 2. The van der Waals surface area contributed by atoms with Crippen molar-refractivity contribution < 1.29 is 28.3 Å². The monoisotopic (exact) mass is 544 g/mol. The van der Waals surface area contributed by atoms with Crippen molar-refractivity contribution in [2.75, 3.05) is 0 Å². The van der Waals surface area contributed by atoms with Crippen molar-refractivity contribution in [3.05, 3.63) is 105 Å². The Hall–Kier alpha value is -5.92. The summed E-state index contributed by atoms with van der Waals surface area (Å²) < 4.78 is 11.2. The van der Waals surface area contributed by atoms with E-state index < -0.39 is 21.7 Å². The average molecular weight is 544 g/mol. The van der Waals surface area contributed by atoms with Crippen molar-refractivity contribution in [2.45, 2.75) is 12.8 Å². The molecular formula is C26H20N6O8. The first-order chi connectivity index (χ1) is 19.3. The Morgan fingerprint density at radius 1 is 0.650 bits per heavy atom. The van der Waals surface area contributed by atoms with E-state index in [2.05, 4.69) is 21.1 Å². The molecule has 0 unspecified atom stereocenters. The molecule has 14 heteroatoms. The molecule has 0 saturated carbocycles. The van der Waals surface area contributed by atoms with E-state index in [9.17, 15) is 29.8 Å². The van der Waals surface area contributed by atoms with Crippen molar-refractivity contribution >= 4 is 35.6 Å². The van der Waals surface area contributed by atoms with Crippen LogP contribution < -0.4 is 10.9 Å². The SMILES string of the molecule is O=C(CCC(=O)N/N=C/c1ccc(-c2ccc([N+](=O)[O-])cc2)o1)N/N=C/c1ccc(-c2ccc([N+](=O)[O-])cc2)o1. The van der Waals surface area contributed by atoms with Crippen molar-refractivity contribution in [3.8, 4) is 22.6 Å². The Morgan fingerprint density at radius 2 is 1.02 bits per heavy atom. The highest BCUT2D eigenvalue weighted by molar-refractivity contribution is 5.86. The number of rotatable bonds is 11. The van der Waals surface area contributed by atoms with Gasteiger partial charge in [-0.15, -0.1) is 0 Å². The van der Waals surface area contributed by atoms with E-state index in [1.807, 2.05) is 0 Å². The summed E-state index contributed by atoms with van der Waals surface area (Å²) >= 11 is 0. The molecule has 0 saturated heterocycles. The van der Waals surface area contributed by atoms with Gasteiger partial charge in [-0.3, -0.25) is 29.8 Å². The van der Waals surface area contributed by atoms with Gasteiger partial charge in [0.1, 0.15) is 23.0 Å². The molecule has 0 aliphatic carbocycles. The molecule has 2 N–H and O–H groups in total. The van der Waals surface area contributed by atoms with Crippen LogP contribution in [0.15, 0.2) is 91.8 Å². The number of furan rings is 2. The number of amides is 2. The number of hydrogen-bond acceptors (Lipinski definition) is 10. The van der Waals surface area contributed by atoms with Gasteiger partial charge in [-0.2, -0.15) is 10.2 Å². The smallest absolute Gasteiger partial charge is 0.269 e. The number of nitrogens with zero attached hydrogens (tertiary/aromatic N) is 4. The van der Waals surface area contributed by atoms with Crippen molar-refractivity contribution in [1.82, 2.24) is 10.9 Å². The number of nitro benzene ring substituents is 2. The van der Waals surface area contributed by atoms with Crippen LogP contribution in [0.1, 0.15) is 24.4 Å². The van der Waals surface area contributed by atoms with Crippen molar-refractivity contribution in [3.63, 3.8) is 0 Å². The average Bonchev–Trinajstić information content (AvgIpc) is 3.62. The first-order valence-corrected chi connectivity index (χ1v) is 11.6. The van der Waals surface area contributed by atoms with Crippen LogP contribution in [0.5, 0.6) is 0 Å². The maximum atomic E-state index is 12.0. The summed E-state index contributed by atoms with van der Waals surface area (Å²) in [5.41, 5.74) is 5.79. The minimum atomic E-state index is -0.503. The van der Waals surface area contributed by atoms with Crippen LogP contribution in [0.3, 0.4) is 0 Å². The zero-order chi connectivity index (χ0) is 28.5. The summed E-state index contributed by atoms with van der Waals surface area (Å²) in [7, 11) is 0. The van der Waals surface area contributed by atoms with E-state index in [1.54, 1.807) is 48.5 Å². The molecule has 2 amide bonds. The standard InChI is InChI=1S/C26H20N6O8/c33-25(29-27-15-21-9-11-23(39-21)17-1-5-19(6-2-17)31(35)36)13-14-26(34)30-28-16-22-10-12-24(40-22)18-3-7-20(8-4-18)32(37)38/h1-12,15-16H,13-14H2,(H,29,33)(H,30,34)/b27-15+,28-16+. The van der Waals surface area contributed by atoms with E-state index >= 15 is 0 Å². The van der Waals surface area contributed by atoms with Gasteiger partial charge in [-0.1, -0.05) is 0 Å². The van der Waals surface area contributed by atoms with E-state index in [0.717, 1.165) is 0 Å². The molecule has 0 atom stereocenters. The van der Waals surface area contributed by atoms with Crippen LogP contribution in [-0.4, -0.2) is 34.1 Å². The topological polar surface area (TPSA) is 195 Å². The van der Waals surface area contributed by atoms with Crippen LogP contribution in [-0.2, 0) is 9.59 Å². The number of carbonyl (C=O) groups excluding carboxylic acids is 2. The molecule has 0 aliphatic rings. The normalized spacial score (nSPS) is 11.1. The molecule has 0 aliphatic heterocycles. The largest absolute Gasteiger partial charge is 0.455 e. The Bertz CT molecular complexity index is 1470. The highest BCUT2D eigenvalue weighted by Gasteiger charge is 2.10. The van der Waals surface area contributed by atoms with Gasteiger partial charge in [0, 0.05) is 48.2 Å². The number of hydrogen-bond donors (Lipinski definition) is 2. The molecular weight excluding hydrogens is 524 g/mol. The second-order valence-corrected chi connectivity index (χ2v) is 8.10. The molecule has 40 heavy (non-hydrogen) atoms. The molecule has 2 heterocycles. The Balaban J connectivity index is 1.18. The summed E-state index contributed by atoms with van der Waals surface area (Å²) in [6.07, 6.45) is 2.28. The molecule has 0 bridgehead atoms. The molecule has 0 spiro atoms. The van der Waals surface area contributed by atoms with E-state index in [1.165, 1.54) is 36.7 Å². The van der Waals surface area contributed by atoms with E-state index in [-0.39, 0.29) is 24.2 Å². The minimum absolute atomic E-state index is 0.0340. The summed E-state index contributed by atoms with van der Waals surface area (Å²) in [6.45, 7) is 0. The van der Waals surface area contributed by atoms with Crippen LogP contribution in [0, 0.1) is 20.2 Å². The third kappa shape index (κ3) is 7.32. The first-order valence-electron chi connectivity index (χ1n) is 11.6. The fraction of sp³-hybridized carbons (Fsp3) is 0.0769. The molecule has 2 aromatic carbocycles. The molecule has 4 rings (SSSR count). The highest BCUT2D eigenvalue weighted by Crippen LogP contribution is 2.25. The predicted molar refractivity (Wildman–Crippen MR) is 142 cm³/mol. The zero-order valence-corrected chi connectivity index (χ0v) is 20.6. The predicted octanol–water partition coefficient (Wildman–Crippen LogP) is 4.40. The lowest BCUT2D eigenvalue weighted by atomic mass is 10.1. The van der Waals surface area contributed by atoms with Gasteiger partial charge in [0.2, 0.25) is 11.8 Å². The lowest BCUT2D eigenvalue weighted by Gasteiger charge is -1.99. The zero-order valence-electron chi connectivity index (χ0n) is 20.6. The molecule has 4 aromatic rings. The van der Waals surface area contributed by atoms with Gasteiger partial charge in [0.25, 0.3) is 11.4 Å². The van der Waals surface area contributed by atoms with E-state index in [4.69, 9.17) is 8.83 Å². The quantitative estimate of drug-likeness (QED) is 0.157. The summed E-state index contributed by atoms with van der Waals surface area (Å²) in [5, 5.41) is 29.1. The number of hydrazone groups is 2. The maximum Gasteiger partial charge on any atom is 0.269 e. The van der Waals surface area contributed by atoms with Crippen LogP contribution in [0.4, 0.5) is 11.4 Å². The van der Waals surface area contributed by atoms with Crippen LogP contribution in [0.25, 0.3) is 22.6 Å². The number of carbonyl (C=O) groups is 2. The number of benzene rings is 2. The Labute approximate surface area is 225 Å². The summed E-state index contributed by atoms with van der Waals surface area (Å²) in [4.78, 5) is 44.5. The Morgan fingerprint density at radius 3 is 1.38 bits per heavy atom. The maximum absolute atomic E-state index is 12.0. The summed E-state index contributed by atoms with van der Waals surface area (Å²) in [6, 6.07) is 18.3. The van der Waals surface area contributed by atoms with E-state index in [0.29, 0.717) is 34.2 Å². The minimum Gasteiger partial charge on any atom is -0.455 e. The van der Waals surface area contributed by atoms with Gasteiger partial charge in [-0.05, 0) is 48.5 Å². The fourth-order valence-electron chi connectivity index (χ4n) is 3.32. The molecule has 0 radical (unpaired) electrons. The second kappa shape index (κ2) is 12.6. The number of non-ortho nitro benzene ring substituents is 2. The number of nitro groups is 2. The van der Waals surface area contributed by atoms with Crippen LogP contribution in [0.2, 0.25) is 0 Å². The Kier molecular flexibility index (Phi) is 8.51. The van der Waals surface area contributed by atoms with Crippen LogP contribution >= 0.6 is 0 Å². The lowest BCUT2D eigenvalue weighted by molar-refractivity contribution is -0.385. The van der Waals surface area contributed by atoms with Gasteiger partial charge in [0.05, 0.1) is 22.3 Å². The molecule has 14 nitrogen and oxygen atoms in total. The van der Waals surface area contributed by atoms with Gasteiger partial charge >= 0.3 is 0 Å². The van der Waals surface area contributed by atoms with Gasteiger partial charge < -0.3 is 8.83 Å². The fourth-order valence-corrected chi connectivity index (χ4v) is 3.32. The first kappa shape index (κ1) is 27.1. The second-order valence-electron chi connectivity index (χ2n) is 8.10.